The van der Waals surface area contributed by atoms with Crippen molar-refractivity contribution in [2.45, 2.75) is 6.92 Å². The summed E-state index contributed by atoms with van der Waals surface area (Å²) in [4.78, 5) is 19.2. The summed E-state index contributed by atoms with van der Waals surface area (Å²) in [7, 11) is 0. The quantitative estimate of drug-likeness (QED) is 0.606. The van der Waals surface area contributed by atoms with Gasteiger partial charge in [-0.15, -0.1) is 0 Å². The first-order valence-corrected chi connectivity index (χ1v) is 5.30. The number of aromatic nitrogens is 2. The van der Waals surface area contributed by atoms with Gasteiger partial charge in [-0.3, -0.25) is 4.79 Å². The van der Waals surface area contributed by atoms with Gasteiger partial charge in [0.05, 0.1) is 5.56 Å². The maximum absolute atomic E-state index is 11.0. The van der Waals surface area contributed by atoms with Crippen molar-refractivity contribution in [1.82, 2.24) is 9.97 Å². The van der Waals surface area contributed by atoms with E-state index in [1.165, 1.54) is 6.92 Å². The van der Waals surface area contributed by atoms with E-state index in [4.69, 9.17) is 16.3 Å². The third kappa shape index (κ3) is 2.79. The van der Waals surface area contributed by atoms with E-state index in [1.807, 2.05) is 0 Å². The highest BCUT2D eigenvalue weighted by Crippen LogP contribution is 2.30. The van der Waals surface area contributed by atoms with Crippen LogP contribution in [0.5, 0.6) is 5.75 Å². The molecule has 1 aromatic carbocycles. The highest BCUT2D eigenvalue weighted by molar-refractivity contribution is 6.30. The van der Waals surface area contributed by atoms with E-state index >= 15 is 0 Å². The van der Waals surface area contributed by atoms with Gasteiger partial charge in [0.25, 0.3) is 0 Å². The first-order chi connectivity index (χ1) is 8.16. The lowest BCUT2D eigenvalue weighted by Gasteiger charge is -2.07. The molecular weight excluding hydrogens is 240 g/mol. The second-order valence-electron chi connectivity index (χ2n) is 3.31. The SMILES string of the molecule is CC(=O)Oc1cc(Cl)ccc1-c1ncccn1. The summed E-state index contributed by atoms with van der Waals surface area (Å²) in [6, 6.07) is 6.69. The van der Waals surface area contributed by atoms with Crippen LogP contribution in [-0.2, 0) is 4.79 Å². The molecule has 1 heterocycles. The zero-order valence-electron chi connectivity index (χ0n) is 9.05. The minimum absolute atomic E-state index is 0.358. The van der Waals surface area contributed by atoms with Crippen molar-refractivity contribution in [1.29, 1.82) is 0 Å². The molecule has 0 atom stereocenters. The minimum Gasteiger partial charge on any atom is -0.426 e. The van der Waals surface area contributed by atoms with E-state index in [2.05, 4.69) is 9.97 Å². The van der Waals surface area contributed by atoms with Crippen molar-refractivity contribution in [2.24, 2.45) is 0 Å². The van der Waals surface area contributed by atoms with E-state index in [9.17, 15) is 4.79 Å². The molecule has 0 radical (unpaired) electrons. The number of hydrogen-bond acceptors (Lipinski definition) is 4. The Bertz CT molecular complexity index is 543. The Labute approximate surface area is 103 Å². The normalized spacial score (nSPS) is 10.0. The molecule has 0 bridgehead atoms. The molecule has 0 saturated carbocycles. The van der Waals surface area contributed by atoms with Gasteiger partial charge >= 0.3 is 5.97 Å². The second-order valence-corrected chi connectivity index (χ2v) is 3.74. The summed E-state index contributed by atoms with van der Waals surface area (Å²) < 4.78 is 5.08. The van der Waals surface area contributed by atoms with Crippen molar-refractivity contribution < 1.29 is 9.53 Å². The Balaban J connectivity index is 2.50. The zero-order chi connectivity index (χ0) is 12.3. The van der Waals surface area contributed by atoms with Crippen LogP contribution in [0.3, 0.4) is 0 Å². The van der Waals surface area contributed by atoms with Gasteiger partial charge in [0.15, 0.2) is 5.82 Å². The van der Waals surface area contributed by atoms with Crippen molar-refractivity contribution in [3.8, 4) is 17.1 Å². The van der Waals surface area contributed by atoms with Crippen LogP contribution >= 0.6 is 11.6 Å². The highest BCUT2D eigenvalue weighted by atomic mass is 35.5. The maximum atomic E-state index is 11.0. The average molecular weight is 249 g/mol. The molecule has 0 unspecified atom stereocenters. The molecule has 0 aliphatic heterocycles. The number of ether oxygens (including phenoxy) is 1. The molecule has 1 aromatic heterocycles. The van der Waals surface area contributed by atoms with Crippen molar-refractivity contribution >= 4 is 17.6 Å². The van der Waals surface area contributed by atoms with Gasteiger partial charge in [-0.1, -0.05) is 11.6 Å². The first kappa shape index (κ1) is 11.5. The van der Waals surface area contributed by atoms with Gasteiger partial charge in [-0.05, 0) is 18.2 Å². The number of carbonyl (C=O) groups is 1. The minimum atomic E-state index is -0.413. The topological polar surface area (TPSA) is 52.1 Å². The lowest BCUT2D eigenvalue weighted by Crippen LogP contribution is -2.03. The molecule has 0 aliphatic rings. The summed E-state index contributed by atoms with van der Waals surface area (Å²) in [6.45, 7) is 1.33. The standard InChI is InChI=1S/C12H9ClN2O2/c1-8(16)17-11-7-9(13)3-4-10(11)12-14-5-2-6-15-12/h2-7H,1H3. The second kappa shape index (κ2) is 4.93. The summed E-state index contributed by atoms with van der Waals surface area (Å²) >= 11 is 5.86. The van der Waals surface area contributed by atoms with Gasteiger partial charge in [-0.25, -0.2) is 9.97 Å². The molecular formula is C12H9ClN2O2. The molecule has 2 rings (SSSR count). The zero-order valence-corrected chi connectivity index (χ0v) is 9.81. The lowest BCUT2D eigenvalue weighted by atomic mass is 10.2. The third-order valence-corrected chi connectivity index (χ3v) is 2.24. The van der Waals surface area contributed by atoms with Crippen LogP contribution in [0.25, 0.3) is 11.4 Å². The lowest BCUT2D eigenvalue weighted by molar-refractivity contribution is -0.131. The van der Waals surface area contributed by atoms with Crippen LogP contribution in [0, 0.1) is 0 Å². The fraction of sp³-hybridized carbons (Fsp3) is 0.0833. The maximum Gasteiger partial charge on any atom is 0.308 e. The average Bonchev–Trinajstić information content (AvgIpc) is 2.29. The Morgan fingerprint density at radius 1 is 1.29 bits per heavy atom. The van der Waals surface area contributed by atoms with Crippen LogP contribution in [0.1, 0.15) is 6.92 Å². The predicted molar refractivity (Wildman–Crippen MR) is 63.8 cm³/mol. The molecule has 4 nitrogen and oxygen atoms in total. The molecule has 0 spiro atoms. The Kier molecular flexibility index (Phi) is 3.35. The number of benzene rings is 1. The number of esters is 1. The molecule has 86 valence electrons. The molecule has 0 amide bonds. The number of hydrogen-bond donors (Lipinski definition) is 0. The number of rotatable bonds is 2. The van der Waals surface area contributed by atoms with Gasteiger partial charge < -0.3 is 4.74 Å². The third-order valence-electron chi connectivity index (χ3n) is 2.00. The van der Waals surface area contributed by atoms with E-state index in [0.717, 1.165) is 0 Å². The summed E-state index contributed by atoms with van der Waals surface area (Å²) in [5, 5.41) is 0.487. The first-order valence-electron chi connectivity index (χ1n) is 4.92. The van der Waals surface area contributed by atoms with Gasteiger partial charge in [0, 0.05) is 30.4 Å². The molecule has 0 aliphatic carbocycles. The monoisotopic (exact) mass is 248 g/mol. The van der Waals surface area contributed by atoms with Crippen LogP contribution in [0.4, 0.5) is 0 Å². The molecule has 0 fully saturated rings. The van der Waals surface area contributed by atoms with Gasteiger partial charge in [-0.2, -0.15) is 0 Å². The van der Waals surface area contributed by atoms with E-state index in [1.54, 1.807) is 36.7 Å². The fourth-order valence-corrected chi connectivity index (χ4v) is 1.52. The van der Waals surface area contributed by atoms with Crippen LogP contribution in [-0.4, -0.2) is 15.9 Å². The smallest absolute Gasteiger partial charge is 0.308 e. The van der Waals surface area contributed by atoms with Gasteiger partial charge in [0.1, 0.15) is 5.75 Å². The molecule has 17 heavy (non-hydrogen) atoms. The molecule has 5 heteroatoms. The Morgan fingerprint density at radius 3 is 2.65 bits per heavy atom. The highest BCUT2D eigenvalue weighted by Gasteiger charge is 2.11. The van der Waals surface area contributed by atoms with Gasteiger partial charge in [0.2, 0.25) is 0 Å². The number of carbonyl (C=O) groups excluding carboxylic acids is 1. The fourth-order valence-electron chi connectivity index (χ4n) is 1.36. The Morgan fingerprint density at radius 2 is 2.00 bits per heavy atom. The van der Waals surface area contributed by atoms with E-state index < -0.39 is 5.97 Å². The summed E-state index contributed by atoms with van der Waals surface area (Å²) in [5.41, 5.74) is 0.630. The molecule has 2 aromatic rings. The van der Waals surface area contributed by atoms with Crippen molar-refractivity contribution in [3.05, 3.63) is 41.7 Å². The Hall–Kier alpha value is -1.94. The number of halogens is 1. The molecule has 0 saturated heterocycles. The van der Waals surface area contributed by atoms with Crippen molar-refractivity contribution in [2.75, 3.05) is 0 Å². The summed E-state index contributed by atoms with van der Waals surface area (Å²) in [5.74, 6) is 0.432. The summed E-state index contributed by atoms with van der Waals surface area (Å²) in [6.07, 6.45) is 3.24. The van der Waals surface area contributed by atoms with E-state index in [-0.39, 0.29) is 0 Å². The largest absolute Gasteiger partial charge is 0.426 e. The van der Waals surface area contributed by atoms with E-state index in [0.29, 0.717) is 22.2 Å². The predicted octanol–water partition coefficient (Wildman–Crippen LogP) is 2.72. The van der Waals surface area contributed by atoms with Crippen LogP contribution < -0.4 is 4.74 Å². The molecule has 0 N–H and O–H groups in total. The number of nitrogens with zero attached hydrogens (tertiary/aromatic N) is 2. The van der Waals surface area contributed by atoms with Crippen LogP contribution in [0.15, 0.2) is 36.7 Å². The van der Waals surface area contributed by atoms with Crippen molar-refractivity contribution in [3.63, 3.8) is 0 Å². The van der Waals surface area contributed by atoms with Crippen LogP contribution in [0.2, 0.25) is 5.02 Å².